The summed E-state index contributed by atoms with van der Waals surface area (Å²) < 4.78 is 59.2. The second-order valence-electron chi connectivity index (χ2n) is 10.1. The van der Waals surface area contributed by atoms with E-state index in [0.29, 0.717) is 23.7 Å². The van der Waals surface area contributed by atoms with Crippen molar-refractivity contribution in [3.8, 4) is 17.2 Å². The molecule has 4 aromatic carbocycles. The average molecular weight is 625 g/mol. The molecule has 2 unspecified atom stereocenters. The summed E-state index contributed by atoms with van der Waals surface area (Å²) in [4.78, 5) is 12.2. The van der Waals surface area contributed by atoms with Crippen LogP contribution in [0, 0.1) is 19.8 Å². The molecular weight excluding hydrogens is 592 g/mol. The number of carboxylic acid groups (broad SMARTS) is 1. The lowest BCUT2D eigenvalue weighted by molar-refractivity contribution is 0.0697. The zero-order valence-electron chi connectivity index (χ0n) is 24.0. The van der Waals surface area contributed by atoms with Gasteiger partial charge in [0.25, 0.3) is 22.5 Å². The van der Waals surface area contributed by atoms with Crippen molar-refractivity contribution in [2.45, 2.75) is 27.7 Å². The number of benzene rings is 4. The topological polar surface area (TPSA) is 137 Å². The van der Waals surface area contributed by atoms with Gasteiger partial charge in [-0.25, -0.2) is 21.8 Å². The maximum atomic E-state index is 12.5. The van der Waals surface area contributed by atoms with Crippen molar-refractivity contribution in [1.82, 2.24) is 0 Å². The summed E-state index contributed by atoms with van der Waals surface area (Å²) in [5, 5.41) is 9.98. The first kappa shape index (κ1) is 31.7. The molecule has 0 aliphatic heterocycles. The van der Waals surface area contributed by atoms with Crippen molar-refractivity contribution in [1.29, 1.82) is 0 Å². The number of nitrogens with zero attached hydrogens (tertiary/aromatic N) is 2. The molecule has 0 fully saturated rings. The van der Waals surface area contributed by atoms with Crippen molar-refractivity contribution in [3.05, 3.63) is 102 Å². The van der Waals surface area contributed by atoms with Crippen LogP contribution in [0.25, 0.3) is 0 Å². The highest BCUT2D eigenvalue weighted by molar-refractivity contribution is 7.81. The largest absolute Gasteiger partial charge is 0.491 e. The second kappa shape index (κ2) is 13.8. The Bertz CT molecular complexity index is 1640. The van der Waals surface area contributed by atoms with E-state index in [1.54, 1.807) is 54.6 Å². The number of rotatable bonds is 12. The summed E-state index contributed by atoms with van der Waals surface area (Å²) in [5.41, 5.74) is 2.82. The maximum Gasteiger partial charge on any atom is 0.337 e. The fourth-order valence-electron chi connectivity index (χ4n) is 4.15. The van der Waals surface area contributed by atoms with Crippen LogP contribution in [0.5, 0.6) is 17.2 Å². The Hall–Kier alpha value is -4.23. The lowest BCUT2D eigenvalue weighted by atomic mass is 10.1. The molecule has 0 spiro atoms. The fourth-order valence-corrected chi connectivity index (χ4v) is 5.40. The maximum absolute atomic E-state index is 12.5. The molecule has 43 heavy (non-hydrogen) atoms. The lowest BCUT2D eigenvalue weighted by Crippen LogP contribution is -2.21. The number of hydrogen-bond donors (Lipinski definition) is 3. The van der Waals surface area contributed by atoms with Gasteiger partial charge in [-0.1, -0.05) is 49.2 Å². The van der Waals surface area contributed by atoms with E-state index in [1.807, 2.05) is 39.8 Å². The van der Waals surface area contributed by atoms with Crippen LogP contribution in [0.3, 0.4) is 0 Å². The van der Waals surface area contributed by atoms with E-state index < -0.39 is 28.5 Å². The van der Waals surface area contributed by atoms with Gasteiger partial charge in [-0.2, -0.15) is 0 Å². The van der Waals surface area contributed by atoms with E-state index in [0.717, 1.165) is 15.4 Å². The number of aromatic carboxylic acids is 1. The summed E-state index contributed by atoms with van der Waals surface area (Å²) in [7, 11) is 0. The molecule has 0 amide bonds. The average Bonchev–Trinajstić information content (AvgIpc) is 2.95. The SMILES string of the molecule is Cc1ccc(N(c2ccc(Oc3ccc(N(c4ccc(C)cc4)S(=O)O)c(C(=O)O)c3)cc2OCC(C)C)S(=O)O)cc1. The van der Waals surface area contributed by atoms with Crippen LogP contribution in [0.4, 0.5) is 22.7 Å². The number of carboxylic acids is 1. The first-order valence-electron chi connectivity index (χ1n) is 13.2. The van der Waals surface area contributed by atoms with Gasteiger partial charge in [0.15, 0.2) is 0 Å². The molecule has 0 aliphatic carbocycles. The van der Waals surface area contributed by atoms with E-state index in [4.69, 9.17) is 9.47 Å². The van der Waals surface area contributed by atoms with E-state index in [1.165, 1.54) is 22.5 Å². The number of ether oxygens (including phenoxy) is 2. The van der Waals surface area contributed by atoms with Gasteiger partial charge in [0, 0.05) is 6.07 Å². The molecule has 0 radical (unpaired) electrons. The van der Waals surface area contributed by atoms with Crippen LogP contribution in [0.1, 0.15) is 35.3 Å². The predicted octanol–water partition coefficient (Wildman–Crippen LogP) is 7.38. The summed E-state index contributed by atoms with van der Waals surface area (Å²) in [6.07, 6.45) is 0. The van der Waals surface area contributed by atoms with Gasteiger partial charge >= 0.3 is 5.97 Å². The van der Waals surface area contributed by atoms with Gasteiger partial charge in [-0.3, -0.25) is 9.11 Å². The number of carbonyl (C=O) groups is 1. The third-order valence-corrected chi connectivity index (χ3v) is 7.66. The molecule has 4 rings (SSSR count). The second-order valence-corrected chi connectivity index (χ2v) is 11.8. The zero-order chi connectivity index (χ0) is 31.3. The molecule has 4 aromatic rings. The fraction of sp³-hybridized carbons (Fsp3) is 0.194. The zero-order valence-corrected chi connectivity index (χ0v) is 25.6. The van der Waals surface area contributed by atoms with Crippen LogP contribution in [0.15, 0.2) is 84.9 Å². The molecule has 0 aromatic heterocycles. The van der Waals surface area contributed by atoms with E-state index in [9.17, 15) is 27.4 Å². The van der Waals surface area contributed by atoms with Crippen molar-refractivity contribution in [2.24, 2.45) is 5.92 Å². The Kier molecular flexibility index (Phi) is 10.2. The minimum absolute atomic E-state index is 0.00000451. The molecule has 0 heterocycles. The molecule has 0 aliphatic rings. The molecule has 2 atom stereocenters. The van der Waals surface area contributed by atoms with E-state index in [2.05, 4.69) is 0 Å². The molecule has 0 saturated heterocycles. The van der Waals surface area contributed by atoms with Crippen LogP contribution >= 0.6 is 0 Å². The first-order valence-corrected chi connectivity index (χ1v) is 15.3. The first-order chi connectivity index (χ1) is 20.4. The quantitative estimate of drug-likeness (QED) is 0.139. The van der Waals surface area contributed by atoms with Gasteiger partial charge in [-0.05, 0) is 74.4 Å². The van der Waals surface area contributed by atoms with Crippen LogP contribution in [-0.2, 0) is 22.5 Å². The normalized spacial score (nSPS) is 12.4. The molecule has 0 bridgehead atoms. The highest BCUT2D eigenvalue weighted by atomic mass is 32.2. The van der Waals surface area contributed by atoms with Crippen molar-refractivity contribution in [2.75, 3.05) is 15.2 Å². The van der Waals surface area contributed by atoms with Crippen molar-refractivity contribution < 1.29 is 36.9 Å². The number of aryl methyl sites for hydroxylation is 2. The van der Waals surface area contributed by atoms with Gasteiger partial charge in [-0.15, -0.1) is 0 Å². The molecule has 0 saturated carbocycles. The van der Waals surface area contributed by atoms with E-state index in [-0.39, 0.29) is 34.4 Å². The standard InChI is InChI=1S/C31H32N2O8S2/c1-20(2)19-40-30-18-26(14-16-29(30)33(43(38)39)24-11-7-22(4)8-12-24)41-25-13-15-28(27(17-25)31(34)35)32(42(36)37)23-9-5-21(3)6-10-23/h5-18,20H,19H2,1-4H3,(H,34,35)(H,36,37)(H,38,39). The third-order valence-electron chi connectivity index (χ3n) is 6.22. The predicted molar refractivity (Wildman–Crippen MR) is 168 cm³/mol. The highest BCUT2D eigenvalue weighted by Gasteiger charge is 2.24. The number of anilines is 4. The van der Waals surface area contributed by atoms with Crippen molar-refractivity contribution in [3.63, 3.8) is 0 Å². The van der Waals surface area contributed by atoms with Gasteiger partial charge < -0.3 is 14.6 Å². The van der Waals surface area contributed by atoms with Crippen LogP contribution in [-0.4, -0.2) is 35.2 Å². The smallest absolute Gasteiger partial charge is 0.337 e. The summed E-state index contributed by atoms with van der Waals surface area (Å²) >= 11 is -4.98. The van der Waals surface area contributed by atoms with Crippen LogP contribution < -0.4 is 18.1 Å². The Morgan fingerprint density at radius 1 is 0.744 bits per heavy atom. The Balaban J connectivity index is 1.72. The highest BCUT2D eigenvalue weighted by Crippen LogP contribution is 2.40. The Morgan fingerprint density at radius 2 is 1.21 bits per heavy atom. The molecule has 12 heteroatoms. The van der Waals surface area contributed by atoms with Crippen molar-refractivity contribution >= 4 is 51.3 Å². The summed E-state index contributed by atoms with van der Waals surface area (Å²) in [6, 6.07) is 22.7. The Labute approximate surface area is 255 Å². The third kappa shape index (κ3) is 7.79. The summed E-state index contributed by atoms with van der Waals surface area (Å²) in [6.45, 7) is 8.04. The minimum Gasteiger partial charge on any atom is -0.491 e. The van der Waals surface area contributed by atoms with Gasteiger partial charge in [0.1, 0.15) is 17.2 Å². The molecule has 3 N–H and O–H groups in total. The monoisotopic (exact) mass is 624 g/mol. The molecule has 10 nitrogen and oxygen atoms in total. The molecular formula is C31H32N2O8S2. The van der Waals surface area contributed by atoms with Gasteiger partial charge in [0.2, 0.25) is 0 Å². The van der Waals surface area contributed by atoms with Gasteiger partial charge in [0.05, 0.1) is 34.9 Å². The number of hydrogen-bond acceptors (Lipinski definition) is 5. The molecule has 226 valence electrons. The summed E-state index contributed by atoms with van der Waals surface area (Å²) in [5.74, 6) is -0.453. The Morgan fingerprint density at radius 3 is 1.67 bits per heavy atom. The lowest BCUT2D eigenvalue weighted by Gasteiger charge is -2.24. The van der Waals surface area contributed by atoms with Crippen LogP contribution in [0.2, 0.25) is 0 Å². The minimum atomic E-state index is -2.56. The van der Waals surface area contributed by atoms with E-state index >= 15 is 0 Å².